The van der Waals surface area contributed by atoms with E-state index in [1.54, 1.807) is 0 Å². The molecule has 0 bridgehead atoms. The van der Waals surface area contributed by atoms with Crippen LogP contribution in [-0.4, -0.2) is 0 Å². The number of fused-ring (bicyclic) bond motifs is 3. The molecule has 0 nitrogen and oxygen atoms in total. The fourth-order valence-corrected chi connectivity index (χ4v) is 3.24. The molecular formula is C20H16. The van der Waals surface area contributed by atoms with Crippen LogP contribution in [0.4, 0.5) is 0 Å². The van der Waals surface area contributed by atoms with Crippen LogP contribution in [0.25, 0.3) is 16.7 Å². The minimum atomic E-state index is 1.01. The molecule has 0 spiro atoms. The Morgan fingerprint density at radius 2 is 1.55 bits per heavy atom. The number of hydrogen-bond acceptors (Lipinski definition) is 0. The van der Waals surface area contributed by atoms with Crippen LogP contribution in [0.1, 0.15) is 23.1 Å². The van der Waals surface area contributed by atoms with Gasteiger partial charge in [-0.05, 0) is 46.2 Å². The molecule has 96 valence electrons. The minimum Gasteiger partial charge on any atom is -0.0801 e. The summed E-state index contributed by atoms with van der Waals surface area (Å²) in [4.78, 5) is 0. The van der Waals surface area contributed by atoms with Crippen molar-refractivity contribution in [1.29, 1.82) is 0 Å². The van der Waals surface area contributed by atoms with Crippen LogP contribution in [0.15, 0.2) is 72.8 Å². The normalized spacial score (nSPS) is 15.5. The van der Waals surface area contributed by atoms with E-state index in [-0.39, 0.29) is 0 Å². The van der Waals surface area contributed by atoms with Crippen molar-refractivity contribution in [2.45, 2.75) is 12.8 Å². The Morgan fingerprint density at radius 1 is 0.700 bits per heavy atom. The zero-order chi connectivity index (χ0) is 13.4. The SMILES string of the molecule is C1=CC=C(c2cccc3c2Cc2ccccc2-3)CC=C1. The summed E-state index contributed by atoms with van der Waals surface area (Å²) in [5.41, 5.74) is 8.59. The van der Waals surface area contributed by atoms with Crippen LogP contribution >= 0.6 is 0 Å². The zero-order valence-corrected chi connectivity index (χ0v) is 11.3. The third-order valence-corrected chi connectivity index (χ3v) is 4.19. The highest BCUT2D eigenvalue weighted by Gasteiger charge is 2.21. The monoisotopic (exact) mass is 256 g/mol. The van der Waals surface area contributed by atoms with Gasteiger partial charge in [0.25, 0.3) is 0 Å². The van der Waals surface area contributed by atoms with E-state index in [1.165, 1.54) is 33.4 Å². The second-order valence-corrected chi connectivity index (χ2v) is 5.37. The Morgan fingerprint density at radius 3 is 2.55 bits per heavy atom. The Bertz CT molecular complexity index is 757. The van der Waals surface area contributed by atoms with E-state index in [2.05, 4.69) is 72.8 Å². The second kappa shape index (κ2) is 4.64. The molecule has 2 aliphatic carbocycles. The summed E-state index contributed by atoms with van der Waals surface area (Å²) in [5, 5.41) is 0. The van der Waals surface area contributed by atoms with Crippen molar-refractivity contribution in [3.63, 3.8) is 0 Å². The van der Waals surface area contributed by atoms with Gasteiger partial charge in [-0.1, -0.05) is 72.8 Å². The summed E-state index contributed by atoms with van der Waals surface area (Å²) in [5.74, 6) is 0. The van der Waals surface area contributed by atoms with Gasteiger partial charge in [0.15, 0.2) is 0 Å². The highest BCUT2D eigenvalue weighted by molar-refractivity contribution is 5.84. The third kappa shape index (κ3) is 1.77. The molecule has 0 aliphatic heterocycles. The van der Waals surface area contributed by atoms with Crippen LogP contribution < -0.4 is 0 Å². The van der Waals surface area contributed by atoms with Gasteiger partial charge < -0.3 is 0 Å². The van der Waals surface area contributed by atoms with Crippen LogP contribution in [0.5, 0.6) is 0 Å². The lowest BCUT2D eigenvalue weighted by molar-refractivity contribution is 1.23. The van der Waals surface area contributed by atoms with Gasteiger partial charge in [-0.15, -0.1) is 0 Å². The zero-order valence-electron chi connectivity index (χ0n) is 11.3. The number of hydrogen-bond donors (Lipinski definition) is 0. The van der Waals surface area contributed by atoms with Gasteiger partial charge in [0.05, 0.1) is 0 Å². The lowest BCUT2D eigenvalue weighted by Crippen LogP contribution is -1.91. The summed E-state index contributed by atoms with van der Waals surface area (Å²) in [7, 11) is 0. The first kappa shape index (κ1) is 11.5. The van der Waals surface area contributed by atoms with E-state index in [0.29, 0.717) is 0 Å². The van der Waals surface area contributed by atoms with E-state index in [4.69, 9.17) is 0 Å². The van der Waals surface area contributed by atoms with Crippen LogP contribution in [0.2, 0.25) is 0 Å². The first-order valence-corrected chi connectivity index (χ1v) is 7.16. The smallest absolute Gasteiger partial charge is 0.000740 e. The van der Waals surface area contributed by atoms with Crippen molar-refractivity contribution in [3.8, 4) is 11.1 Å². The molecule has 0 saturated carbocycles. The molecule has 0 N–H and O–H groups in total. The van der Waals surface area contributed by atoms with Crippen LogP contribution in [0.3, 0.4) is 0 Å². The molecule has 2 aromatic carbocycles. The van der Waals surface area contributed by atoms with E-state index in [0.717, 1.165) is 12.8 Å². The number of rotatable bonds is 1. The van der Waals surface area contributed by atoms with Crippen LogP contribution in [-0.2, 0) is 6.42 Å². The molecule has 0 heterocycles. The van der Waals surface area contributed by atoms with Gasteiger partial charge in [0, 0.05) is 0 Å². The van der Waals surface area contributed by atoms with Gasteiger partial charge >= 0.3 is 0 Å². The number of benzene rings is 2. The molecular weight excluding hydrogens is 240 g/mol. The molecule has 0 unspecified atom stereocenters. The summed E-state index contributed by atoms with van der Waals surface area (Å²) in [6.45, 7) is 0. The van der Waals surface area contributed by atoms with Crippen molar-refractivity contribution < 1.29 is 0 Å². The average Bonchev–Trinajstić information content (AvgIpc) is 2.68. The first-order chi connectivity index (χ1) is 9.93. The summed E-state index contributed by atoms with van der Waals surface area (Å²) in [6, 6.07) is 15.5. The molecule has 4 rings (SSSR count). The fourth-order valence-electron chi connectivity index (χ4n) is 3.24. The summed E-state index contributed by atoms with van der Waals surface area (Å²) >= 11 is 0. The Labute approximate surface area is 119 Å². The van der Waals surface area contributed by atoms with Gasteiger partial charge in [0.2, 0.25) is 0 Å². The molecule has 0 heteroatoms. The molecule has 20 heavy (non-hydrogen) atoms. The maximum atomic E-state index is 2.27. The molecule has 2 aliphatic rings. The predicted octanol–water partition coefficient (Wildman–Crippen LogP) is 5.16. The lowest BCUT2D eigenvalue weighted by atomic mass is 9.94. The molecule has 0 amide bonds. The molecule has 0 atom stereocenters. The van der Waals surface area contributed by atoms with Gasteiger partial charge in [-0.25, -0.2) is 0 Å². The standard InChI is InChI=1S/C20H16/c1-2-4-9-15(8-3-1)17-12-7-13-19-18-11-6-5-10-16(18)14-20(17)19/h1-8,10-13H,9,14H2. The fraction of sp³-hybridized carbons (Fsp3) is 0.100. The Kier molecular flexibility index (Phi) is 2.67. The highest BCUT2D eigenvalue weighted by Crippen LogP contribution is 2.40. The largest absolute Gasteiger partial charge is 0.0801 e. The Hall–Kier alpha value is -2.34. The topological polar surface area (TPSA) is 0 Å². The molecule has 0 fully saturated rings. The maximum absolute atomic E-state index is 2.27. The van der Waals surface area contributed by atoms with E-state index < -0.39 is 0 Å². The van der Waals surface area contributed by atoms with Crippen molar-refractivity contribution >= 4 is 5.57 Å². The number of allylic oxidation sites excluding steroid dienone is 6. The summed E-state index contributed by atoms with van der Waals surface area (Å²) in [6.07, 6.45) is 12.9. The van der Waals surface area contributed by atoms with Crippen molar-refractivity contribution in [2.75, 3.05) is 0 Å². The van der Waals surface area contributed by atoms with Gasteiger partial charge in [0.1, 0.15) is 0 Å². The van der Waals surface area contributed by atoms with E-state index in [9.17, 15) is 0 Å². The maximum Gasteiger partial charge on any atom is -0.000740 e. The van der Waals surface area contributed by atoms with Crippen LogP contribution in [0, 0.1) is 0 Å². The highest BCUT2D eigenvalue weighted by atomic mass is 14.2. The molecule has 0 aromatic heterocycles. The van der Waals surface area contributed by atoms with E-state index in [1.807, 2.05) is 0 Å². The van der Waals surface area contributed by atoms with Gasteiger partial charge in [-0.2, -0.15) is 0 Å². The van der Waals surface area contributed by atoms with E-state index >= 15 is 0 Å². The molecule has 0 saturated heterocycles. The first-order valence-electron chi connectivity index (χ1n) is 7.16. The molecule has 0 radical (unpaired) electrons. The van der Waals surface area contributed by atoms with Crippen molar-refractivity contribution in [1.82, 2.24) is 0 Å². The van der Waals surface area contributed by atoms with Gasteiger partial charge in [-0.3, -0.25) is 0 Å². The van der Waals surface area contributed by atoms with Crippen molar-refractivity contribution in [2.24, 2.45) is 0 Å². The Balaban J connectivity index is 1.87. The second-order valence-electron chi connectivity index (χ2n) is 5.37. The molecule has 2 aromatic rings. The average molecular weight is 256 g/mol. The minimum absolute atomic E-state index is 1.01. The van der Waals surface area contributed by atoms with Crippen molar-refractivity contribution in [3.05, 3.63) is 89.5 Å². The summed E-state index contributed by atoms with van der Waals surface area (Å²) < 4.78 is 0. The quantitative estimate of drug-likeness (QED) is 0.564. The third-order valence-electron chi connectivity index (χ3n) is 4.19. The predicted molar refractivity (Wildman–Crippen MR) is 85.6 cm³/mol. The lowest BCUT2D eigenvalue weighted by Gasteiger charge is -2.10.